The summed E-state index contributed by atoms with van der Waals surface area (Å²) in [4.78, 5) is 13.9. The predicted octanol–water partition coefficient (Wildman–Crippen LogP) is 3.27. The van der Waals surface area contributed by atoms with Crippen LogP contribution in [0.25, 0.3) is 0 Å². The molecule has 0 atom stereocenters. The van der Waals surface area contributed by atoms with Crippen LogP contribution in [0, 0.1) is 11.7 Å². The van der Waals surface area contributed by atoms with E-state index < -0.39 is 11.4 Å². The van der Waals surface area contributed by atoms with Gasteiger partial charge >= 0.3 is 6.09 Å². The van der Waals surface area contributed by atoms with Gasteiger partial charge in [-0.15, -0.1) is 0 Å². The molecular formula is C18H27FN2O3. The van der Waals surface area contributed by atoms with E-state index in [1.54, 1.807) is 6.07 Å². The van der Waals surface area contributed by atoms with E-state index in [-0.39, 0.29) is 11.8 Å². The van der Waals surface area contributed by atoms with Crippen molar-refractivity contribution in [2.45, 2.75) is 45.8 Å². The molecule has 24 heavy (non-hydrogen) atoms. The number of piperidine rings is 1. The van der Waals surface area contributed by atoms with Crippen LogP contribution in [0.1, 0.15) is 39.2 Å². The second-order valence-electron chi connectivity index (χ2n) is 7.42. The Hall–Kier alpha value is -1.82. The van der Waals surface area contributed by atoms with Gasteiger partial charge in [0.05, 0.1) is 0 Å². The summed E-state index contributed by atoms with van der Waals surface area (Å²) in [5.74, 6) is -0.0300. The number of hydrogen-bond acceptors (Lipinski definition) is 4. The Morgan fingerprint density at radius 2 is 2.00 bits per heavy atom. The Morgan fingerprint density at radius 3 is 2.58 bits per heavy atom. The van der Waals surface area contributed by atoms with E-state index in [0.29, 0.717) is 19.0 Å². The Labute approximate surface area is 142 Å². The number of aromatic hydroxyl groups is 1. The minimum absolute atomic E-state index is 0.0403. The van der Waals surface area contributed by atoms with Gasteiger partial charge in [0.15, 0.2) is 0 Å². The maximum absolute atomic E-state index is 13.3. The highest BCUT2D eigenvalue weighted by Crippen LogP contribution is 2.21. The fourth-order valence-corrected chi connectivity index (χ4v) is 2.87. The van der Waals surface area contributed by atoms with Crippen LogP contribution in [-0.2, 0) is 11.3 Å². The average molecular weight is 338 g/mol. The van der Waals surface area contributed by atoms with E-state index in [1.165, 1.54) is 6.07 Å². The number of carbonyl (C=O) groups excluding carboxylic acids is 1. The number of rotatable bonds is 4. The summed E-state index contributed by atoms with van der Waals surface area (Å²) in [5.41, 5.74) is 0.294. The maximum Gasteiger partial charge on any atom is 0.407 e. The summed E-state index contributed by atoms with van der Waals surface area (Å²) < 4.78 is 18.5. The zero-order chi connectivity index (χ0) is 17.7. The monoisotopic (exact) mass is 338 g/mol. The molecule has 1 saturated heterocycles. The average Bonchev–Trinajstić information content (AvgIpc) is 2.43. The smallest absolute Gasteiger partial charge is 0.407 e. The van der Waals surface area contributed by atoms with Crippen LogP contribution in [0.3, 0.4) is 0 Å². The number of halogens is 1. The van der Waals surface area contributed by atoms with Crippen molar-refractivity contribution in [2.75, 3.05) is 19.6 Å². The van der Waals surface area contributed by atoms with E-state index in [1.807, 2.05) is 20.8 Å². The number of benzene rings is 1. The van der Waals surface area contributed by atoms with Gasteiger partial charge in [0.1, 0.15) is 17.2 Å². The SMILES string of the molecule is CC(C)(C)OC(=O)NCC1CCN(Cc2cc(O)cc(F)c2)CC1. The van der Waals surface area contributed by atoms with Crippen molar-refractivity contribution in [3.8, 4) is 5.75 Å². The van der Waals surface area contributed by atoms with Crippen LogP contribution in [0.15, 0.2) is 18.2 Å². The molecular weight excluding hydrogens is 311 g/mol. The van der Waals surface area contributed by atoms with Gasteiger partial charge in [-0.25, -0.2) is 9.18 Å². The van der Waals surface area contributed by atoms with Crippen molar-refractivity contribution in [1.82, 2.24) is 10.2 Å². The third-order valence-corrected chi connectivity index (χ3v) is 3.99. The quantitative estimate of drug-likeness (QED) is 0.884. The lowest BCUT2D eigenvalue weighted by Crippen LogP contribution is -2.40. The standard InChI is InChI=1S/C18H27FN2O3/c1-18(2,3)24-17(23)20-11-13-4-6-21(7-5-13)12-14-8-15(19)10-16(22)9-14/h8-10,13,22H,4-7,11-12H2,1-3H3,(H,20,23). The van der Waals surface area contributed by atoms with Crippen LogP contribution in [-0.4, -0.2) is 41.3 Å². The Bertz CT molecular complexity index is 544. The summed E-state index contributed by atoms with van der Waals surface area (Å²) in [7, 11) is 0. The van der Waals surface area contributed by atoms with E-state index in [4.69, 9.17) is 4.74 Å². The summed E-state index contributed by atoms with van der Waals surface area (Å²) in [6.07, 6.45) is 1.56. The molecule has 1 aromatic rings. The summed E-state index contributed by atoms with van der Waals surface area (Å²) in [6.45, 7) is 8.54. The van der Waals surface area contributed by atoms with Gasteiger partial charge in [-0.1, -0.05) is 0 Å². The molecule has 0 unspecified atom stereocenters. The van der Waals surface area contributed by atoms with Gasteiger partial charge in [0.2, 0.25) is 0 Å². The predicted molar refractivity (Wildman–Crippen MR) is 90.3 cm³/mol. The van der Waals surface area contributed by atoms with E-state index in [2.05, 4.69) is 10.2 Å². The number of ether oxygens (including phenoxy) is 1. The molecule has 0 spiro atoms. The van der Waals surface area contributed by atoms with Gasteiger partial charge in [0, 0.05) is 19.2 Å². The van der Waals surface area contributed by atoms with Gasteiger partial charge in [-0.05, 0) is 70.3 Å². The van der Waals surface area contributed by atoms with Crippen LogP contribution in [0.2, 0.25) is 0 Å². The first-order valence-corrected chi connectivity index (χ1v) is 8.39. The Morgan fingerprint density at radius 1 is 1.33 bits per heavy atom. The Kier molecular flexibility index (Phi) is 6.04. The van der Waals surface area contributed by atoms with Crippen molar-refractivity contribution in [3.63, 3.8) is 0 Å². The Balaban J connectivity index is 1.72. The minimum atomic E-state index is -0.482. The topological polar surface area (TPSA) is 61.8 Å². The van der Waals surface area contributed by atoms with E-state index >= 15 is 0 Å². The van der Waals surface area contributed by atoms with Gasteiger partial charge in [0.25, 0.3) is 0 Å². The zero-order valence-electron chi connectivity index (χ0n) is 14.6. The molecule has 1 aliphatic rings. The molecule has 1 heterocycles. The summed E-state index contributed by atoms with van der Waals surface area (Å²) in [6, 6.07) is 4.16. The lowest BCUT2D eigenvalue weighted by Gasteiger charge is -2.32. The number of nitrogens with one attached hydrogen (secondary N) is 1. The highest BCUT2D eigenvalue weighted by molar-refractivity contribution is 5.67. The van der Waals surface area contributed by atoms with Gasteiger partial charge < -0.3 is 15.2 Å². The minimum Gasteiger partial charge on any atom is -0.508 e. The lowest BCUT2D eigenvalue weighted by atomic mass is 9.96. The largest absolute Gasteiger partial charge is 0.508 e. The van der Waals surface area contributed by atoms with Crippen molar-refractivity contribution in [1.29, 1.82) is 0 Å². The van der Waals surface area contributed by atoms with Crippen LogP contribution < -0.4 is 5.32 Å². The van der Waals surface area contributed by atoms with E-state index in [9.17, 15) is 14.3 Å². The fraction of sp³-hybridized carbons (Fsp3) is 0.611. The molecule has 6 heteroatoms. The van der Waals surface area contributed by atoms with Gasteiger partial charge in [-0.2, -0.15) is 0 Å². The molecule has 1 aliphatic heterocycles. The number of phenolic OH excluding ortho intramolecular Hbond substituents is 1. The molecule has 0 aliphatic carbocycles. The first-order valence-electron chi connectivity index (χ1n) is 8.39. The first kappa shape index (κ1) is 18.5. The van der Waals surface area contributed by atoms with Crippen molar-refractivity contribution in [2.24, 2.45) is 5.92 Å². The number of amides is 1. The summed E-state index contributed by atoms with van der Waals surface area (Å²) in [5, 5.41) is 12.3. The molecule has 1 amide bonds. The normalized spacial score (nSPS) is 16.8. The van der Waals surface area contributed by atoms with Crippen molar-refractivity contribution < 1.29 is 19.0 Å². The number of alkyl carbamates (subject to hydrolysis) is 1. The first-order chi connectivity index (χ1) is 11.2. The van der Waals surface area contributed by atoms with E-state index in [0.717, 1.165) is 37.6 Å². The molecule has 2 N–H and O–H groups in total. The van der Waals surface area contributed by atoms with Crippen molar-refractivity contribution in [3.05, 3.63) is 29.6 Å². The molecule has 1 aromatic carbocycles. The second kappa shape index (κ2) is 7.83. The second-order valence-corrected chi connectivity index (χ2v) is 7.42. The molecule has 1 fully saturated rings. The molecule has 134 valence electrons. The highest BCUT2D eigenvalue weighted by Gasteiger charge is 2.21. The fourth-order valence-electron chi connectivity index (χ4n) is 2.87. The maximum atomic E-state index is 13.3. The van der Waals surface area contributed by atoms with Crippen LogP contribution >= 0.6 is 0 Å². The highest BCUT2D eigenvalue weighted by atomic mass is 19.1. The van der Waals surface area contributed by atoms with Crippen LogP contribution in [0.5, 0.6) is 5.75 Å². The molecule has 5 nitrogen and oxygen atoms in total. The molecule has 0 bridgehead atoms. The lowest BCUT2D eigenvalue weighted by molar-refractivity contribution is 0.0509. The number of nitrogens with zero attached hydrogens (tertiary/aromatic N) is 1. The third-order valence-electron chi connectivity index (χ3n) is 3.99. The van der Waals surface area contributed by atoms with Gasteiger partial charge in [-0.3, -0.25) is 4.90 Å². The van der Waals surface area contributed by atoms with Crippen molar-refractivity contribution >= 4 is 6.09 Å². The number of likely N-dealkylation sites (tertiary alicyclic amines) is 1. The molecule has 0 aromatic heterocycles. The molecule has 0 radical (unpaired) electrons. The summed E-state index contributed by atoms with van der Waals surface area (Å²) >= 11 is 0. The molecule has 0 saturated carbocycles. The number of hydrogen-bond donors (Lipinski definition) is 2. The third kappa shape index (κ3) is 6.35. The number of phenols is 1. The molecule has 2 rings (SSSR count). The number of carbonyl (C=O) groups is 1. The zero-order valence-corrected chi connectivity index (χ0v) is 14.6. The van der Waals surface area contributed by atoms with Crippen LogP contribution in [0.4, 0.5) is 9.18 Å².